The van der Waals surface area contributed by atoms with E-state index in [4.69, 9.17) is 9.47 Å². The Balaban J connectivity index is 1.71. The SMILES string of the molecule is C[C@@H]1[C@@H](C)CCC[C@H]1NC(=O)COC(=O)COc1ccc(F)cc1Br. The fourth-order valence-corrected chi connectivity index (χ4v) is 3.42. The van der Waals surface area contributed by atoms with E-state index >= 15 is 0 Å². The summed E-state index contributed by atoms with van der Waals surface area (Å²) in [6, 6.07) is 4.00. The highest BCUT2D eigenvalue weighted by atomic mass is 79.9. The predicted molar refractivity (Wildman–Crippen MR) is 94.7 cm³/mol. The molecule has 7 heteroatoms. The molecule has 0 aromatic heterocycles. The van der Waals surface area contributed by atoms with Gasteiger partial charge in [-0.25, -0.2) is 9.18 Å². The lowest BCUT2D eigenvalue weighted by Crippen LogP contribution is -2.45. The highest BCUT2D eigenvalue weighted by Crippen LogP contribution is 2.29. The topological polar surface area (TPSA) is 64.6 Å². The van der Waals surface area contributed by atoms with Crippen molar-refractivity contribution in [2.45, 2.75) is 39.2 Å². The molecule has 138 valence electrons. The van der Waals surface area contributed by atoms with Gasteiger partial charge in [0.05, 0.1) is 4.47 Å². The first-order chi connectivity index (χ1) is 11.9. The maximum absolute atomic E-state index is 13.0. The molecule has 2 rings (SSSR count). The summed E-state index contributed by atoms with van der Waals surface area (Å²) < 4.78 is 23.6. The Hall–Kier alpha value is -1.63. The molecule has 1 N–H and O–H groups in total. The van der Waals surface area contributed by atoms with Crippen LogP contribution in [0.2, 0.25) is 0 Å². The smallest absolute Gasteiger partial charge is 0.344 e. The number of nitrogens with one attached hydrogen (secondary N) is 1. The molecule has 0 unspecified atom stereocenters. The van der Waals surface area contributed by atoms with Crippen molar-refractivity contribution < 1.29 is 23.5 Å². The third kappa shape index (κ3) is 5.99. The normalized spacial score (nSPS) is 23.0. The quantitative estimate of drug-likeness (QED) is 0.722. The Bertz CT molecular complexity index is 625. The molecule has 1 saturated carbocycles. The summed E-state index contributed by atoms with van der Waals surface area (Å²) in [6.07, 6.45) is 3.22. The van der Waals surface area contributed by atoms with Gasteiger partial charge in [-0.1, -0.05) is 26.7 Å². The Kier molecular flexibility index (Phi) is 7.23. The molecular weight excluding hydrogens is 393 g/mol. The summed E-state index contributed by atoms with van der Waals surface area (Å²) in [5, 5.41) is 2.94. The molecule has 1 amide bonds. The minimum absolute atomic E-state index is 0.126. The average Bonchev–Trinajstić information content (AvgIpc) is 2.56. The minimum atomic E-state index is -0.656. The minimum Gasteiger partial charge on any atom is -0.481 e. The third-order valence-corrected chi connectivity index (χ3v) is 5.28. The maximum atomic E-state index is 13.0. The molecule has 0 aliphatic heterocycles. The molecule has 25 heavy (non-hydrogen) atoms. The molecule has 3 atom stereocenters. The van der Waals surface area contributed by atoms with Gasteiger partial charge in [0.25, 0.3) is 5.91 Å². The number of hydrogen-bond donors (Lipinski definition) is 1. The molecule has 0 radical (unpaired) electrons. The van der Waals surface area contributed by atoms with Crippen molar-refractivity contribution in [3.05, 3.63) is 28.5 Å². The molecular formula is C18H23BrFNO4. The fourth-order valence-electron chi connectivity index (χ4n) is 2.95. The zero-order valence-electron chi connectivity index (χ0n) is 14.4. The molecule has 1 aliphatic carbocycles. The Labute approximate surface area is 155 Å². The van der Waals surface area contributed by atoms with E-state index in [9.17, 15) is 14.0 Å². The van der Waals surface area contributed by atoms with Crippen LogP contribution in [0, 0.1) is 17.7 Å². The molecule has 1 fully saturated rings. The number of carbonyl (C=O) groups excluding carboxylic acids is 2. The molecule has 0 saturated heterocycles. The third-order valence-electron chi connectivity index (χ3n) is 4.66. The number of amides is 1. The zero-order valence-corrected chi connectivity index (χ0v) is 16.0. The van der Waals surface area contributed by atoms with Gasteiger partial charge in [-0.05, 0) is 52.4 Å². The van der Waals surface area contributed by atoms with Gasteiger partial charge >= 0.3 is 5.97 Å². The molecule has 0 spiro atoms. The van der Waals surface area contributed by atoms with Gasteiger partial charge in [0.1, 0.15) is 11.6 Å². The van der Waals surface area contributed by atoms with Crippen molar-refractivity contribution in [1.82, 2.24) is 5.32 Å². The highest BCUT2D eigenvalue weighted by molar-refractivity contribution is 9.10. The lowest BCUT2D eigenvalue weighted by molar-refractivity contribution is -0.150. The zero-order chi connectivity index (χ0) is 18.4. The van der Waals surface area contributed by atoms with E-state index in [-0.39, 0.29) is 25.2 Å². The van der Waals surface area contributed by atoms with Crippen LogP contribution in [-0.4, -0.2) is 31.1 Å². The van der Waals surface area contributed by atoms with Crippen LogP contribution in [0.1, 0.15) is 33.1 Å². The van der Waals surface area contributed by atoms with Gasteiger partial charge in [-0.3, -0.25) is 4.79 Å². The molecule has 0 bridgehead atoms. The van der Waals surface area contributed by atoms with E-state index in [0.29, 0.717) is 22.1 Å². The van der Waals surface area contributed by atoms with Crippen LogP contribution in [-0.2, 0) is 14.3 Å². The van der Waals surface area contributed by atoms with Crippen molar-refractivity contribution >= 4 is 27.8 Å². The lowest BCUT2D eigenvalue weighted by Gasteiger charge is -2.34. The van der Waals surface area contributed by atoms with Crippen molar-refractivity contribution in [3.63, 3.8) is 0 Å². The molecule has 1 aliphatic rings. The number of carbonyl (C=O) groups is 2. The monoisotopic (exact) mass is 415 g/mol. The van der Waals surface area contributed by atoms with Crippen LogP contribution in [0.5, 0.6) is 5.75 Å². The second-order valence-electron chi connectivity index (χ2n) is 6.47. The van der Waals surface area contributed by atoms with Crippen LogP contribution >= 0.6 is 15.9 Å². The van der Waals surface area contributed by atoms with Crippen LogP contribution < -0.4 is 10.1 Å². The van der Waals surface area contributed by atoms with Gasteiger partial charge < -0.3 is 14.8 Å². The van der Waals surface area contributed by atoms with Crippen LogP contribution in [0.25, 0.3) is 0 Å². The van der Waals surface area contributed by atoms with E-state index < -0.39 is 11.8 Å². The van der Waals surface area contributed by atoms with Crippen LogP contribution in [0.3, 0.4) is 0 Å². The Morgan fingerprint density at radius 2 is 2.04 bits per heavy atom. The van der Waals surface area contributed by atoms with Crippen molar-refractivity contribution in [3.8, 4) is 5.75 Å². The Morgan fingerprint density at radius 1 is 1.28 bits per heavy atom. The number of esters is 1. The molecule has 1 aromatic carbocycles. The van der Waals surface area contributed by atoms with E-state index in [1.165, 1.54) is 24.6 Å². The van der Waals surface area contributed by atoms with Gasteiger partial charge in [0.2, 0.25) is 0 Å². The van der Waals surface area contributed by atoms with Crippen LogP contribution in [0.4, 0.5) is 4.39 Å². The summed E-state index contributed by atoms with van der Waals surface area (Å²) in [7, 11) is 0. The van der Waals surface area contributed by atoms with E-state index in [2.05, 4.69) is 35.1 Å². The predicted octanol–water partition coefficient (Wildman–Crippen LogP) is 3.45. The number of halogens is 2. The molecule has 1 aromatic rings. The van der Waals surface area contributed by atoms with E-state index in [1.54, 1.807) is 0 Å². The van der Waals surface area contributed by atoms with Gasteiger partial charge in [0.15, 0.2) is 13.2 Å². The lowest BCUT2D eigenvalue weighted by atomic mass is 9.78. The fraction of sp³-hybridized carbons (Fsp3) is 0.556. The maximum Gasteiger partial charge on any atom is 0.344 e. The van der Waals surface area contributed by atoms with Crippen molar-refractivity contribution in [1.29, 1.82) is 0 Å². The second kappa shape index (κ2) is 9.17. The van der Waals surface area contributed by atoms with E-state index in [1.807, 2.05) is 0 Å². The van der Waals surface area contributed by atoms with Gasteiger partial charge in [-0.15, -0.1) is 0 Å². The summed E-state index contributed by atoms with van der Waals surface area (Å²) in [4.78, 5) is 23.6. The largest absolute Gasteiger partial charge is 0.481 e. The van der Waals surface area contributed by atoms with Crippen molar-refractivity contribution in [2.24, 2.45) is 11.8 Å². The summed E-state index contributed by atoms with van der Waals surface area (Å²) >= 11 is 3.14. The standard InChI is InChI=1S/C18H23BrFNO4/c1-11-4-3-5-15(12(11)2)21-17(22)9-25-18(23)10-24-16-7-6-13(20)8-14(16)19/h6-8,11-12,15H,3-5,9-10H2,1-2H3,(H,21,22)/t11-,12+,15+/m0/s1. The first kappa shape index (κ1) is 19.7. The number of hydrogen-bond acceptors (Lipinski definition) is 4. The second-order valence-corrected chi connectivity index (χ2v) is 7.32. The van der Waals surface area contributed by atoms with Gasteiger partial charge in [0, 0.05) is 6.04 Å². The number of ether oxygens (including phenoxy) is 2. The van der Waals surface area contributed by atoms with Crippen LogP contribution in [0.15, 0.2) is 22.7 Å². The highest BCUT2D eigenvalue weighted by Gasteiger charge is 2.28. The first-order valence-electron chi connectivity index (χ1n) is 8.39. The average molecular weight is 416 g/mol. The van der Waals surface area contributed by atoms with Gasteiger partial charge in [-0.2, -0.15) is 0 Å². The number of rotatable bonds is 6. The molecule has 0 heterocycles. The number of benzene rings is 1. The summed E-state index contributed by atoms with van der Waals surface area (Å²) in [6.45, 7) is 3.64. The first-order valence-corrected chi connectivity index (χ1v) is 9.19. The van der Waals surface area contributed by atoms with E-state index in [0.717, 1.165) is 12.8 Å². The Morgan fingerprint density at radius 3 is 2.76 bits per heavy atom. The van der Waals surface area contributed by atoms with Crippen molar-refractivity contribution in [2.75, 3.05) is 13.2 Å². The summed E-state index contributed by atoms with van der Waals surface area (Å²) in [5.41, 5.74) is 0. The molecule has 5 nitrogen and oxygen atoms in total. The summed E-state index contributed by atoms with van der Waals surface area (Å²) in [5.74, 6) is -0.0621.